The zero-order chi connectivity index (χ0) is 12.1. The van der Waals surface area contributed by atoms with E-state index in [0.29, 0.717) is 0 Å². The number of alkyl halides is 2. The number of carbonyl (C=O) groups excluding carboxylic acids is 2. The molecular formula is C8H10F2N4O2. The van der Waals surface area contributed by atoms with Crippen LogP contribution in [0, 0.1) is 0 Å². The van der Waals surface area contributed by atoms with E-state index < -0.39 is 12.3 Å². The van der Waals surface area contributed by atoms with Crippen molar-refractivity contribution in [2.45, 2.75) is 13.0 Å². The summed E-state index contributed by atoms with van der Waals surface area (Å²) in [5, 5.41) is 8.04. The Hall–Kier alpha value is -1.99. The summed E-state index contributed by atoms with van der Waals surface area (Å²) in [6.07, 6.45) is -0.610. The Bertz CT molecular complexity index is 391. The molecule has 2 amide bonds. The van der Waals surface area contributed by atoms with E-state index in [1.165, 1.54) is 24.1 Å². The molecule has 0 spiro atoms. The average molecular weight is 232 g/mol. The van der Waals surface area contributed by atoms with Crippen molar-refractivity contribution in [1.29, 1.82) is 0 Å². The van der Waals surface area contributed by atoms with E-state index in [-0.39, 0.29) is 18.1 Å². The van der Waals surface area contributed by atoms with E-state index >= 15 is 0 Å². The Morgan fingerprint density at radius 1 is 1.56 bits per heavy atom. The highest BCUT2D eigenvalue weighted by Gasteiger charge is 2.15. The summed E-state index contributed by atoms with van der Waals surface area (Å²) in [5.74, 6) is -1.69. The number of nitrogens with one attached hydrogen (secondary N) is 2. The van der Waals surface area contributed by atoms with Gasteiger partial charge in [0.1, 0.15) is 6.54 Å². The molecule has 1 aromatic rings. The largest absolute Gasteiger partial charge is 0.358 e. The lowest BCUT2D eigenvalue weighted by Gasteiger charge is -2.00. The minimum Gasteiger partial charge on any atom is -0.358 e. The summed E-state index contributed by atoms with van der Waals surface area (Å²) in [6, 6.07) is 0. The van der Waals surface area contributed by atoms with Crippen molar-refractivity contribution >= 4 is 17.5 Å². The molecule has 0 atom stereocenters. The van der Waals surface area contributed by atoms with Gasteiger partial charge in [-0.15, -0.1) is 0 Å². The lowest BCUT2D eigenvalue weighted by Crippen LogP contribution is -2.23. The fourth-order valence-corrected chi connectivity index (χ4v) is 0.938. The van der Waals surface area contributed by atoms with Crippen LogP contribution in [-0.4, -0.2) is 35.1 Å². The van der Waals surface area contributed by atoms with E-state index in [1.807, 2.05) is 5.32 Å². The first-order valence-corrected chi connectivity index (χ1v) is 4.35. The number of aromatic nitrogens is 2. The summed E-state index contributed by atoms with van der Waals surface area (Å²) in [7, 11) is 1.46. The number of nitrogens with zero attached hydrogens (tertiary/aromatic N) is 2. The normalized spacial score (nSPS) is 10.2. The van der Waals surface area contributed by atoms with Crippen molar-refractivity contribution < 1.29 is 18.4 Å². The van der Waals surface area contributed by atoms with Gasteiger partial charge in [-0.25, -0.2) is 0 Å². The molecule has 0 bridgehead atoms. The fourth-order valence-electron chi connectivity index (χ4n) is 0.938. The number of likely N-dealkylation sites (N-methyl/N-ethyl adjacent to an activating group) is 1. The van der Waals surface area contributed by atoms with Gasteiger partial charge in [0.2, 0.25) is 5.91 Å². The highest BCUT2D eigenvalue weighted by atomic mass is 19.3. The molecule has 1 aromatic heterocycles. The number of hydrogen-bond acceptors (Lipinski definition) is 3. The van der Waals surface area contributed by atoms with Gasteiger partial charge in [-0.1, -0.05) is 0 Å². The molecule has 6 nitrogen and oxygen atoms in total. The molecular weight excluding hydrogens is 222 g/mol. The van der Waals surface area contributed by atoms with Crippen molar-refractivity contribution in [2.75, 3.05) is 12.4 Å². The molecule has 0 aliphatic rings. The molecule has 0 fully saturated rings. The lowest BCUT2D eigenvalue weighted by atomic mass is 10.5. The van der Waals surface area contributed by atoms with E-state index in [2.05, 4.69) is 10.4 Å². The Kier molecular flexibility index (Phi) is 3.92. The van der Waals surface area contributed by atoms with Crippen molar-refractivity contribution in [1.82, 2.24) is 15.1 Å². The van der Waals surface area contributed by atoms with Crippen LogP contribution in [-0.2, 0) is 16.1 Å². The van der Waals surface area contributed by atoms with Crippen LogP contribution in [0.2, 0.25) is 0 Å². The Balaban J connectivity index is 2.58. The zero-order valence-corrected chi connectivity index (χ0v) is 8.41. The maximum atomic E-state index is 11.9. The van der Waals surface area contributed by atoms with Crippen molar-refractivity contribution in [3.05, 3.63) is 12.4 Å². The maximum absolute atomic E-state index is 11.9. The van der Waals surface area contributed by atoms with E-state index in [0.717, 1.165) is 0 Å². The van der Waals surface area contributed by atoms with E-state index in [4.69, 9.17) is 0 Å². The second-order valence-corrected chi connectivity index (χ2v) is 2.89. The van der Waals surface area contributed by atoms with Gasteiger partial charge >= 0.3 is 6.43 Å². The van der Waals surface area contributed by atoms with Crippen LogP contribution in [0.15, 0.2) is 12.4 Å². The molecule has 0 aromatic carbocycles. The van der Waals surface area contributed by atoms with Crippen LogP contribution in [0.4, 0.5) is 14.5 Å². The van der Waals surface area contributed by atoms with Gasteiger partial charge in [-0.3, -0.25) is 14.3 Å². The van der Waals surface area contributed by atoms with Crippen LogP contribution in [0.3, 0.4) is 0 Å². The first-order valence-electron chi connectivity index (χ1n) is 4.35. The van der Waals surface area contributed by atoms with Crippen molar-refractivity contribution in [3.63, 3.8) is 0 Å². The molecule has 1 rings (SSSR count). The van der Waals surface area contributed by atoms with Crippen LogP contribution in [0.5, 0.6) is 0 Å². The molecule has 0 radical (unpaired) electrons. The summed E-state index contributed by atoms with van der Waals surface area (Å²) in [5.41, 5.74) is 0.120. The SMILES string of the molecule is CNC(=O)Cn1cc(NC(=O)C(F)F)cn1. The topological polar surface area (TPSA) is 76.0 Å². The van der Waals surface area contributed by atoms with Gasteiger partial charge in [0, 0.05) is 13.2 Å². The number of hydrogen-bond donors (Lipinski definition) is 2. The zero-order valence-electron chi connectivity index (χ0n) is 8.41. The molecule has 0 aliphatic carbocycles. The number of anilines is 1. The summed E-state index contributed by atoms with van der Waals surface area (Å²) < 4.78 is 25.0. The smallest absolute Gasteiger partial charge is 0.315 e. The molecule has 88 valence electrons. The average Bonchev–Trinajstić information content (AvgIpc) is 2.65. The second kappa shape index (κ2) is 5.19. The minimum absolute atomic E-state index is 0.0406. The Morgan fingerprint density at radius 2 is 2.25 bits per heavy atom. The highest BCUT2D eigenvalue weighted by molar-refractivity contribution is 5.92. The van der Waals surface area contributed by atoms with Gasteiger partial charge in [0.05, 0.1) is 11.9 Å². The molecule has 0 unspecified atom stereocenters. The number of halogens is 2. The summed E-state index contributed by atoms with van der Waals surface area (Å²) in [4.78, 5) is 21.6. The van der Waals surface area contributed by atoms with Gasteiger partial charge in [0.25, 0.3) is 5.91 Å². The van der Waals surface area contributed by atoms with Crippen LogP contribution < -0.4 is 10.6 Å². The van der Waals surface area contributed by atoms with E-state index in [1.54, 1.807) is 0 Å². The first-order chi connectivity index (χ1) is 7.52. The molecule has 0 saturated heterocycles. The second-order valence-electron chi connectivity index (χ2n) is 2.89. The molecule has 0 aliphatic heterocycles. The molecule has 2 N–H and O–H groups in total. The highest BCUT2D eigenvalue weighted by Crippen LogP contribution is 2.06. The Labute approximate surface area is 89.6 Å². The minimum atomic E-state index is -3.08. The predicted molar refractivity (Wildman–Crippen MR) is 50.9 cm³/mol. The van der Waals surface area contributed by atoms with Crippen molar-refractivity contribution in [2.24, 2.45) is 0 Å². The third-order valence-electron chi connectivity index (χ3n) is 1.68. The molecule has 8 heteroatoms. The number of carbonyl (C=O) groups is 2. The number of rotatable bonds is 4. The molecule has 1 heterocycles. The summed E-state index contributed by atoms with van der Waals surface area (Å²) in [6.45, 7) is -0.0406. The Morgan fingerprint density at radius 3 is 2.81 bits per heavy atom. The lowest BCUT2D eigenvalue weighted by molar-refractivity contribution is -0.126. The third kappa shape index (κ3) is 3.30. The van der Waals surface area contributed by atoms with Crippen molar-refractivity contribution in [3.8, 4) is 0 Å². The standard InChI is InChI=1S/C8H10F2N4O2/c1-11-6(15)4-14-3-5(2-12-14)13-8(16)7(9)10/h2-3,7H,4H2,1H3,(H,11,15)(H,13,16). The van der Waals surface area contributed by atoms with Gasteiger partial charge in [-0.05, 0) is 0 Å². The molecule has 0 saturated carbocycles. The van der Waals surface area contributed by atoms with Crippen LogP contribution in [0.25, 0.3) is 0 Å². The van der Waals surface area contributed by atoms with Gasteiger partial charge in [-0.2, -0.15) is 13.9 Å². The van der Waals surface area contributed by atoms with Gasteiger partial charge in [0.15, 0.2) is 0 Å². The van der Waals surface area contributed by atoms with Crippen LogP contribution >= 0.6 is 0 Å². The molecule has 16 heavy (non-hydrogen) atoms. The fraction of sp³-hybridized carbons (Fsp3) is 0.375. The van der Waals surface area contributed by atoms with E-state index in [9.17, 15) is 18.4 Å². The van der Waals surface area contributed by atoms with Crippen LogP contribution in [0.1, 0.15) is 0 Å². The quantitative estimate of drug-likeness (QED) is 0.756. The number of amides is 2. The predicted octanol–water partition coefficient (Wildman–Crippen LogP) is -0.167. The summed E-state index contributed by atoms with van der Waals surface area (Å²) >= 11 is 0. The van der Waals surface area contributed by atoms with Gasteiger partial charge < -0.3 is 10.6 Å². The monoisotopic (exact) mass is 232 g/mol. The first kappa shape index (κ1) is 12.1. The third-order valence-corrected chi connectivity index (χ3v) is 1.68. The maximum Gasteiger partial charge on any atom is 0.315 e.